The first-order valence-corrected chi connectivity index (χ1v) is 12.8. The number of carbonyl (C=O) groups is 2. The van der Waals surface area contributed by atoms with E-state index in [1.807, 2.05) is 0 Å². The molecule has 0 amide bonds. The van der Waals surface area contributed by atoms with Crippen LogP contribution in [0.15, 0.2) is 88.6 Å². The quantitative estimate of drug-likeness (QED) is 0.287. The number of fused-ring (bicyclic) bond motifs is 4. The van der Waals surface area contributed by atoms with Crippen LogP contribution in [0.25, 0.3) is 28.0 Å². The highest BCUT2D eigenvalue weighted by atomic mass is 32.2. The zero-order chi connectivity index (χ0) is 29.9. The van der Waals surface area contributed by atoms with E-state index in [9.17, 15) is 50.2 Å². The molecule has 0 aliphatic heterocycles. The van der Waals surface area contributed by atoms with Crippen molar-refractivity contribution < 1.29 is 54.5 Å². The van der Waals surface area contributed by atoms with E-state index in [2.05, 4.69) is 9.44 Å². The predicted octanol–water partition coefficient (Wildman–Crippen LogP) is 5.48. The van der Waals surface area contributed by atoms with Gasteiger partial charge in [0.25, 0.3) is 0 Å². The Morgan fingerprint density at radius 3 is 2.00 bits per heavy atom. The second-order valence-electron chi connectivity index (χ2n) is 8.77. The number of carboxylic acid groups (broad SMARTS) is 2. The summed E-state index contributed by atoms with van der Waals surface area (Å²) in [4.78, 5) is 25.1. The predicted molar refractivity (Wildman–Crippen MR) is 136 cm³/mol. The van der Waals surface area contributed by atoms with Crippen LogP contribution in [0.4, 0.5) is 22.0 Å². The van der Waals surface area contributed by atoms with Crippen LogP contribution < -0.4 is 0 Å². The van der Waals surface area contributed by atoms with Gasteiger partial charge in [0.15, 0.2) is 0 Å². The summed E-state index contributed by atoms with van der Waals surface area (Å²) in [5, 5.41) is 18.0. The van der Waals surface area contributed by atoms with Crippen LogP contribution in [-0.4, -0.2) is 47.7 Å². The lowest BCUT2D eigenvalue weighted by Gasteiger charge is -2.25. The van der Waals surface area contributed by atoms with Crippen LogP contribution in [0.5, 0.6) is 0 Å². The molecule has 8 nitrogen and oxygen atoms in total. The van der Waals surface area contributed by atoms with Gasteiger partial charge in [-0.25, -0.2) is 9.59 Å². The van der Waals surface area contributed by atoms with Crippen LogP contribution in [0.3, 0.4) is 0 Å². The lowest BCUT2D eigenvalue weighted by atomic mass is 9.77. The molecule has 0 spiro atoms. The second-order valence-corrected chi connectivity index (χ2v) is 10.3. The molecule has 2 aliphatic rings. The molecular weight excluding hydrogens is 577 g/mol. The molecule has 0 saturated carbocycles. The van der Waals surface area contributed by atoms with E-state index in [0.717, 1.165) is 0 Å². The van der Waals surface area contributed by atoms with Crippen molar-refractivity contribution in [1.29, 1.82) is 0 Å². The van der Waals surface area contributed by atoms with Crippen molar-refractivity contribution >= 4 is 55.8 Å². The molecule has 0 radical (unpaired) electrons. The summed E-state index contributed by atoms with van der Waals surface area (Å²) in [5.41, 5.74) is -2.56. The van der Waals surface area contributed by atoms with Crippen LogP contribution >= 0.6 is 0 Å². The fourth-order valence-corrected chi connectivity index (χ4v) is 5.24. The fourth-order valence-electron chi connectivity index (χ4n) is 4.69. The van der Waals surface area contributed by atoms with Crippen LogP contribution in [0.2, 0.25) is 0 Å². The second kappa shape index (κ2) is 9.37. The van der Waals surface area contributed by atoms with Crippen LogP contribution in [-0.2, 0) is 24.0 Å². The maximum atomic E-state index is 13.7. The summed E-state index contributed by atoms with van der Waals surface area (Å²) in [5.74, 6) is -3.81. The van der Waals surface area contributed by atoms with E-state index in [-0.39, 0.29) is 22.3 Å². The molecule has 2 aliphatic carbocycles. The highest BCUT2D eigenvalue weighted by molar-refractivity contribution is 7.87. The van der Waals surface area contributed by atoms with E-state index in [4.69, 9.17) is 0 Å². The number of alkyl halides is 5. The lowest BCUT2D eigenvalue weighted by molar-refractivity contribution is -0.244. The van der Waals surface area contributed by atoms with Crippen molar-refractivity contribution in [2.24, 2.45) is 5.16 Å². The SMILES string of the molecule is O=C(O)C1=C(C(=O)O)C(c2cccc3ccccc23)=C2C(=Cc3ccccc32)C1=NOS(=O)(=O)C(F)(F)C(F)(F)F. The van der Waals surface area contributed by atoms with E-state index in [0.29, 0.717) is 21.9 Å². The number of nitrogens with zero attached hydrogens (tertiary/aromatic N) is 1. The molecule has 210 valence electrons. The third-order valence-electron chi connectivity index (χ3n) is 6.40. The summed E-state index contributed by atoms with van der Waals surface area (Å²) in [7, 11) is -6.85. The van der Waals surface area contributed by atoms with Gasteiger partial charge in [-0.2, -0.15) is 30.4 Å². The molecule has 5 rings (SSSR count). The lowest BCUT2D eigenvalue weighted by Crippen LogP contribution is -2.44. The molecular formula is C27H14F5NO7S. The number of hydrogen-bond acceptors (Lipinski definition) is 6. The minimum absolute atomic E-state index is 0.0293. The Morgan fingerprint density at radius 2 is 1.34 bits per heavy atom. The Balaban J connectivity index is 1.87. The van der Waals surface area contributed by atoms with Gasteiger partial charge in [0, 0.05) is 16.7 Å². The topological polar surface area (TPSA) is 130 Å². The number of oxime groups is 1. The van der Waals surface area contributed by atoms with Gasteiger partial charge in [-0.1, -0.05) is 71.9 Å². The maximum absolute atomic E-state index is 13.7. The van der Waals surface area contributed by atoms with Gasteiger partial charge >= 0.3 is 33.5 Å². The molecule has 0 heterocycles. The van der Waals surface area contributed by atoms with Gasteiger partial charge in [-0.05, 0) is 33.5 Å². The van der Waals surface area contributed by atoms with Gasteiger partial charge in [-0.3, -0.25) is 4.28 Å². The van der Waals surface area contributed by atoms with Crippen molar-refractivity contribution in [3.8, 4) is 0 Å². The first-order chi connectivity index (χ1) is 19.2. The van der Waals surface area contributed by atoms with Crippen molar-refractivity contribution in [1.82, 2.24) is 0 Å². The molecule has 0 bridgehead atoms. The first-order valence-electron chi connectivity index (χ1n) is 11.4. The third-order valence-corrected chi connectivity index (χ3v) is 7.53. The molecule has 3 aromatic rings. The maximum Gasteiger partial charge on any atom is 0.477 e. The molecule has 2 N–H and O–H groups in total. The molecule has 41 heavy (non-hydrogen) atoms. The van der Waals surface area contributed by atoms with Gasteiger partial charge in [-0.15, -0.1) is 0 Å². The molecule has 0 atom stereocenters. The van der Waals surface area contributed by atoms with E-state index in [1.165, 1.54) is 18.2 Å². The summed E-state index contributed by atoms with van der Waals surface area (Å²) < 4.78 is 93.1. The first kappa shape index (κ1) is 27.7. The number of aliphatic carboxylic acids is 2. The number of halogens is 5. The average Bonchev–Trinajstić information content (AvgIpc) is 3.29. The van der Waals surface area contributed by atoms with Crippen LogP contribution in [0.1, 0.15) is 16.7 Å². The third kappa shape index (κ3) is 4.27. The van der Waals surface area contributed by atoms with Crippen LogP contribution in [0, 0.1) is 0 Å². The molecule has 0 unspecified atom stereocenters. The Hall–Kier alpha value is -4.85. The fraction of sp³-hybridized carbons (Fsp3) is 0.0741. The van der Waals surface area contributed by atoms with Gasteiger partial charge < -0.3 is 10.2 Å². The minimum atomic E-state index is -6.85. The van der Waals surface area contributed by atoms with Crippen molar-refractivity contribution in [2.45, 2.75) is 11.4 Å². The molecule has 0 fully saturated rings. The van der Waals surface area contributed by atoms with Gasteiger partial charge in [0.1, 0.15) is 11.3 Å². The Kier molecular flexibility index (Phi) is 6.33. The Morgan fingerprint density at radius 1 is 0.756 bits per heavy atom. The highest BCUT2D eigenvalue weighted by Gasteiger charge is 2.69. The Labute approximate surface area is 227 Å². The largest absolute Gasteiger partial charge is 0.478 e. The summed E-state index contributed by atoms with van der Waals surface area (Å²) in [6.45, 7) is 0. The zero-order valence-electron chi connectivity index (χ0n) is 20.1. The molecule has 3 aromatic carbocycles. The normalized spacial score (nSPS) is 16.5. The summed E-state index contributed by atoms with van der Waals surface area (Å²) >= 11 is 0. The smallest absolute Gasteiger partial charge is 0.477 e. The standard InChI is InChI=1S/C27H14F5NO7S/c28-26(29,30)27(31,32)41(38,39)40-33-23-18-12-14-7-2-4-10-16(14)19(18)20(21(24(34)35)22(23)25(36)37)17-11-5-8-13-6-1-3-9-15(13)17/h1-12H,(H,34,35)(H,36,37). The summed E-state index contributed by atoms with van der Waals surface area (Å²) in [6.07, 6.45) is -5.32. The highest BCUT2D eigenvalue weighted by Crippen LogP contribution is 2.50. The van der Waals surface area contributed by atoms with Gasteiger partial charge in [0.05, 0.1) is 5.57 Å². The summed E-state index contributed by atoms with van der Waals surface area (Å²) in [6, 6.07) is 17.8. The number of rotatable bonds is 6. The average molecular weight is 591 g/mol. The zero-order valence-corrected chi connectivity index (χ0v) is 20.9. The van der Waals surface area contributed by atoms with Crippen molar-refractivity contribution in [3.05, 3.63) is 100 Å². The molecule has 0 aromatic heterocycles. The van der Waals surface area contributed by atoms with E-state index < -0.39 is 50.3 Å². The van der Waals surface area contributed by atoms with Gasteiger partial charge in [0.2, 0.25) is 0 Å². The van der Waals surface area contributed by atoms with Crippen molar-refractivity contribution in [2.75, 3.05) is 0 Å². The number of carboxylic acids is 2. The molecule has 14 heteroatoms. The number of allylic oxidation sites excluding steroid dienone is 2. The number of hydrogen-bond donors (Lipinski definition) is 2. The monoisotopic (exact) mass is 591 g/mol. The van der Waals surface area contributed by atoms with Crippen molar-refractivity contribution in [3.63, 3.8) is 0 Å². The van der Waals surface area contributed by atoms with E-state index in [1.54, 1.807) is 54.6 Å². The minimum Gasteiger partial charge on any atom is -0.478 e. The Bertz CT molecular complexity index is 1900. The number of benzene rings is 3. The molecule has 0 saturated heterocycles. The van der Waals surface area contributed by atoms with E-state index >= 15 is 0 Å².